The van der Waals surface area contributed by atoms with Gasteiger partial charge in [0.1, 0.15) is 0 Å². The molecule has 156 valence electrons. The number of amides is 1. The van der Waals surface area contributed by atoms with Gasteiger partial charge >= 0.3 is 0 Å². The van der Waals surface area contributed by atoms with Crippen LogP contribution in [0, 0.1) is 5.82 Å². The Kier molecular flexibility index (Phi) is 8.69. The summed E-state index contributed by atoms with van der Waals surface area (Å²) in [4.78, 5) is 17.8. The van der Waals surface area contributed by atoms with Gasteiger partial charge in [-0.1, -0.05) is 18.2 Å². The number of benzene rings is 2. The molecule has 3 rings (SSSR count). The second-order valence-electron chi connectivity index (χ2n) is 6.56. The third kappa shape index (κ3) is 6.06. The Morgan fingerprint density at radius 2 is 1.79 bits per heavy atom. The second kappa shape index (κ2) is 11.0. The van der Waals surface area contributed by atoms with Crippen LogP contribution in [0.2, 0.25) is 0 Å². The van der Waals surface area contributed by atoms with E-state index in [2.05, 4.69) is 15.6 Å². The number of carbonyl (C=O) groups excluding carboxylic acids is 1. The Hall–Kier alpha value is -2.36. The van der Waals surface area contributed by atoms with Crippen molar-refractivity contribution in [2.24, 2.45) is 4.99 Å². The molecular formula is C21H26FIN4O2. The zero-order valence-electron chi connectivity index (χ0n) is 16.6. The number of nitrogens with zero attached hydrogens (tertiary/aromatic N) is 2. The number of halogens is 2. The maximum atomic E-state index is 13.8. The van der Waals surface area contributed by atoms with E-state index in [9.17, 15) is 9.18 Å². The molecule has 1 heterocycles. The van der Waals surface area contributed by atoms with E-state index in [0.717, 1.165) is 29.8 Å². The maximum absolute atomic E-state index is 13.8. The predicted molar refractivity (Wildman–Crippen MR) is 123 cm³/mol. The molecule has 1 fully saturated rings. The molecule has 6 nitrogen and oxygen atoms in total. The molecule has 2 N–H and O–H groups in total. The number of hydrogen-bond acceptors (Lipinski definition) is 3. The van der Waals surface area contributed by atoms with Gasteiger partial charge in [0, 0.05) is 38.8 Å². The molecule has 1 aliphatic rings. The number of methoxy groups -OCH3 is 1. The molecule has 0 unspecified atom stereocenters. The quantitative estimate of drug-likeness (QED) is 0.354. The molecule has 1 amide bonds. The van der Waals surface area contributed by atoms with Crippen molar-refractivity contribution in [2.75, 3.05) is 25.6 Å². The van der Waals surface area contributed by atoms with Crippen molar-refractivity contribution in [3.05, 3.63) is 59.4 Å². The van der Waals surface area contributed by atoms with Crippen LogP contribution in [0.4, 0.5) is 10.1 Å². The number of rotatable bonds is 6. The van der Waals surface area contributed by atoms with Crippen LogP contribution in [0.5, 0.6) is 5.75 Å². The van der Waals surface area contributed by atoms with Gasteiger partial charge in [0.25, 0.3) is 0 Å². The van der Waals surface area contributed by atoms with Crippen LogP contribution in [0.3, 0.4) is 0 Å². The van der Waals surface area contributed by atoms with Crippen molar-refractivity contribution in [1.29, 1.82) is 0 Å². The smallest absolute Gasteiger partial charge is 0.227 e. The number of aliphatic imine (C=N–C) groups is 1. The number of ether oxygens (including phenoxy) is 1. The first-order chi connectivity index (χ1) is 13.6. The lowest BCUT2D eigenvalue weighted by Gasteiger charge is -2.16. The lowest BCUT2D eigenvalue weighted by Crippen LogP contribution is -2.36. The highest BCUT2D eigenvalue weighted by molar-refractivity contribution is 14.0. The summed E-state index contributed by atoms with van der Waals surface area (Å²) in [6.07, 6.45) is 1.55. The fourth-order valence-corrected chi connectivity index (χ4v) is 3.13. The standard InChI is InChI=1S/C21H25FN4O2.HI/c1-23-21(25-14-16-7-10-19(28-2)18(22)12-16)24-13-15-5-8-17(9-6-15)26-11-3-4-20(26)27;/h5-10,12H,3-4,11,13-14H2,1-2H3,(H2,23,24,25);1H. The van der Waals surface area contributed by atoms with Gasteiger partial charge in [-0.15, -0.1) is 24.0 Å². The summed E-state index contributed by atoms with van der Waals surface area (Å²) in [6.45, 7) is 1.82. The Morgan fingerprint density at radius 3 is 2.34 bits per heavy atom. The monoisotopic (exact) mass is 512 g/mol. The lowest BCUT2D eigenvalue weighted by molar-refractivity contribution is -0.117. The molecule has 0 spiro atoms. The third-order valence-corrected chi connectivity index (χ3v) is 4.68. The first kappa shape index (κ1) is 22.9. The summed E-state index contributed by atoms with van der Waals surface area (Å²) < 4.78 is 18.7. The molecule has 2 aromatic carbocycles. The molecule has 0 atom stereocenters. The summed E-state index contributed by atoms with van der Waals surface area (Å²) in [5, 5.41) is 6.39. The zero-order chi connectivity index (χ0) is 19.9. The van der Waals surface area contributed by atoms with Crippen LogP contribution < -0.4 is 20.3 Å². The van der Waals surface area contributed by atoms with E-state index in [1.807, 2.05) is 29.2 Å². The number of carbonyl (C=O) groups is 1. The molecular weight excluding hydrogens is 486 g/mol. The molecule has 0 radical (unpaired) electrons. The van der Waals surface area contributed by atoms with E-state index in [4.69, 9.17) is 4.74 Å². The molecule has 0 aromatic heterocycles. The maximum Gasteiger partial charge on any atom is 0.227 e. The number of guanidine groups is 1. The van der Waals surface area contributed by atoms with Gasteiger partial charge in [-0.3, -0.25) is 9.79 Å². The minimum Gasteiger partial charge on any atom is -0.494 e. The van der Waals surface area contributed by atoms with E-state index in [-0.39, 0.29) is 41.5 Å². The van der Waals surface area contributed by atoms with Gasteiger partial charge in [0.15, 0.2) is 17.5 Å². The normalized spacial score (nSPS) is 13.8. The van der Waals surface area contributed by atoms with Gasteiger partial charge < -0.3 is 20.3 Å². The zero-order valence-corrected chi connectivity index (χ0v) is 18.9. The minimum atomic E-state index is -0.388. The first-order valence-corrected chi connectivity index (χ1v) is 9.27. The first-order valence-electron chi connectivity index (χ1n) is 9.27. The number of anilines is 1. The largest absolute Gasteiger partial charge is 0.494 e. The average Bonchev–Trinajstić information content (AvgIpc) is 3.14. The van der Waals surface area contributed by atoms with E-state index < -0.39 is 0 Å². The fraction of sp³-hybridized carbons (Fsp3) is 0.333. The van der Waals surface area contributed by atoms with Crippen LogP contribution in [-0.4, -0.2) is 32.6 Å². The fourth-order valence-electron chi connectivity index (χ4n) is 3.13. The van der Waals surface area contributed by atoms with Gasteiger partial charge in [0.05, 0.1) is 7.11 Å². The van der Waals surface area contributed by atoms with Crippen LogP contribution >= 0.6 is 24.0 Å². The summed E-state index contributed by atoms with van der Waals surface area (Å²) in [6, 6.07) is 12.8. The van der Waals surface area contributed by atoms with E-state index >= 15 is 0 Å². The highest BCUT2D eigenvalue weighted by atomic mass is 127. The number of nitrogens with one attached hydrogen (secondary N) is 2. The highest BCUT2D eigenvalue weighted by Gasteiger charge is 2.21. The van der Waals surface area contributed by atoms with Crippen LogP contribution in [0.25, 0.3) is 0 Å². The second-order valence-corrected chi connectivity index (χ2v) is 6.56. The van der Waals surface area contributed by atoms with Crippen molar-refractivity contribution in [2.45, 2.75) is 25.9 Å². The van der Waals surface area contributed by atoms with Crippen molar-refractivity contribution < 1.29 is 13.9 Å². The van der Waals surface area contributed by atoms with Gasteiger partial charge in [-0.2, -0.15) is 0 Å². The van der Waals surface area contributed by atoms with Crippen molar-refractivity contribution in [3.63, 3.8) is 0 Å². The van der Waals surface area contributed by atoms with Crippen molar-refractivity contribution >= 4 is 41.5 Å². The van der Waals surface area contributed by atoms with Gasteiger partial charge in [0.2, 0.25) is 5.91 Å². The summed E-state index contributed by atoms with van der Waals surface area (Å²) >= 11 is 0. The van der Waals surface area contributed by atoms with Crippen LogP contribution in [-0.2, 0) is 17.9 Å². The van der Waals surface area contributed by atoms with Crippen LogP contribution in [0.15, 0.2) is 47.5 Å². The van der Waals surface area contributed by atoms with Gasteiger partial charge in [-0.05, 0) is 41.8 Å². The molecule has 0 aliphatic carbocycles. The number of hydrogen-bond donors (Lipinski definition) is 2. The van der Waals surface area contributed by atoms with Crippen LogP contribution in [0.1, 0.15) is 24.0 Å². The predicted octanol–water partition coefficient (Wildman–Crippen LogP) is 3.44. The SMILES string of the molecule is CN=C(NCc1ccc(N2CCCC2=O)cc1)NCc1ccc(OC)c(F)c1.I. The molecule has 8 heteroatoms. The lowest BCUT2D eigenvalue weighted by atomic mass is 10.2. The van der Waals surface area contributed by atoms with Gasteiger partial charge in [-0.25, -0.2) is 4.39 Å². The van der Waals surface area contributed by atoms with Crippen molar-refractivity contribution in [3.8, 4) is 5.75 Å². The Labute approximate surface area is 187 Å². The molecule has 29 heavy (non-hydrogen) atoms. The highest BCUT2D eigenvalue weighted by Crippen LogP contribution is 2.21. The summed E-state index contributed by atoms with van der Waals surface area (Å²) in [7, 11) is 3.13. The third-order valence-electron chi connectivity index (χ3n) is 4.68. The molecule has 2 aromatic rings. The Balaban J connectivity index is 0.00000300. The van der Waals surface area contributed by atoms with E-state index in [0.29, 0.717) is 25.5 Å². The van der Waals surface area contributed by atoms with Crippen molar-refractivity contribution in [1.82, 2.24) is 10.6 Å². The molecule has 1 aliphatic heterocycles. The Morgan fingerprint density at radius 1 is 1.14 bits per heavy atom. The summed E-state index contributed by atoms with van der Waals surface area (Å²) in [5.41, 5.74) is 2.81. The minimum absolute atomic E-state index is 0. The topological polar surface area (TPSA) is 66.0 Å². The molecule has 0 bridgehead atoms. The van der Waals surface area contributed by atoms with E-state index in [1.165, 1.54) is 13.2 Å². The van der Waals surface area contributed by atoms with E-state index in [1.54, 1.807) is 19.2 Å². The summed E-state index contributed by atoms with van der Waals surface area (Å²) in [5.74, 6) is 0.645. The Bertz CT molecular complexity index is 858. The molecule has 0 saturated carbocycles. The average molecular weight is 512 g/mol. The molecule has 1 saturated heterocycles.